The third-order valence-corrected chi connectivity index (χ3v) is 3.42. The van der Waals surface area contributed by atoms with E-state index in [0.717, 1.165) is 18.2 Å². The van der Waals surface area contributed by atoms with Crippen molar-refractivity contribution in [3.8, 4) is 0 Å². The molecular formula is C14H8BrF3O. The lowest BCUT2D eigenvalue weighted by molar-refractivity contribution is 0.0990. The summed E-state index contributed by atoms with van der Waals surface area (Å²) in [5.41, 5.74) is 0.0461. The zero-order valence-electron chi connectivity index (χ0n) is 9.59. The largest absolute Gasteiger partial charge is 0.294 e. The van der Waals surface area contributed by atoms with Gasteiger partial charge in [0.25, 0.3) is 0 Å². The summed E-state index contributed by atoms with van der Waals surface area (Å²) in [5.74, 6) is -2.36. The van der Waals surface area contributed by atoms with Crippen LogP contribution in [0.3, 0.4) is 0 Å². The molecule has 2 rings (SSSR count). The van der Waals surface area contributed by atoms with Gasteiger partial charge in [0.15, 0.2) is 5.78 Å². The van der Waals surface area contributed by atoms with E-state index >= 15 is 0 Å². The van der Waals surface area contributed by atoms with Gasteiger partial charge in [0.2, 0.25) is 0 Å². The Morgan fingerprint density at radius 2 is 1.79 bits per heavy atom. The number of halogens is 4. The molecule has 0 unspecified atom stereocenters. The number of Topliss-reactive ketones (excluding diaryl/α,β-unsaturated/α-hetero) is 1. The van der Waals surface area contributed by atoms with Crippen LogP contribution < -0.4 is 0 Å². The van der Waals surface area contributed by atoms with Gasteiger partial charge in [-0.2, -0.15) is 0 Å². The highest BCUT2D eigenvalue weighted by Crippen LogP contribution is 2.22. The lowest BCUT2D eigenvalue weighted by Crippen LogP contribution is -2.07. The molecule has 0 aromatic heterocycles. The molecule has 0 saturated carbocycles. The van der Waals surface area contributed by atoms with Crippen LogP contribution in [0.5, 0.6) is 0 Å². The van der Waals surface area contributed by atoms with Crippen molar-refractivity contribution in [1.82, 2.24) is 0 Å². The fraction of sp³-hybridized carbons (Fsp3) is 0.0714. The number of rotatable bonds is 3. The van der Waals surface area contributed by atoms with E-state index < -0.39 is 23.2 Å². The summed E-state index contributed by atoms with van der Waals surface area (Å²) in [7, 11) is 0. The number of ketones is 1. The van der Waals surface area contributed by atoms with Crippen molar-refractivity contribution in [3.05, 3.63) is 69.4 Å². The highest BCUT2D eigenvalue weighted by molar-refractivity contribution is 9.10. The van der Waals surface area contributed by atoms with Crippen LogP contribution in [0.2, 0.25) is 0 Å². The fourth-order valence-electron chi connectivity index (χ4n) is 1.67. The van der Waals surface area contributed by atoms with Gasteiger partial charge in [-0.3, -0.25) is 4.79 Å². The summed E-state index contributed by atoms with van der Waals surface area (Å²) in [5, 5.41) is 0. The summed E-state index contributed by atoms with van der Waals surface area (Å²) in [6, 6.07) is 6.89. The zero-order chi connectivity index (χ0) is 14.0. The van der Waals surface area contributed by atoms with Crippen LogP contribution in [0.15, 0.2) is 40.9 Å². The first-order valence-corrected chi connectivity index (χ1v) is 6.19. The van der Waals surface area contributed by atoms with Gasteiger partial charge in [0, 0.05) is 12.0 Å². The maximum atomic E-state index is 13.4. The SMILES string of the molecule is O=C(Cc1cc(F)ccc1F)c1cccc(F)c1Br. The molecule has 0 amide bonds. The first kappa shape index (κ1) is 13.8. The Labute approximate surface area is 116 Å². The van der Waals surface area contributed by atoms with Crippen LogP contribution in [-0.4, -0.2) is 5.78 Å². The molecule has 0 heterocycles. The molecule has 0 bridgehead atoms. The quantitative estimate of drug-likeness (QED) is 0.768. The molecule has 0 aliphatic heterocycles. The Balaban J connectivity index is 2.31. The standard InChI is InChI=1S/C14H8BrF3O/c15-14-10(2-1-3-12(14)18)13(19)7-8-6-9(16)4-5-11(8)17/h1-6H,7H2. The summed E-state index contributed by atoms with van der Waals surface area (Å²) < 4.78 is 39.7. The number of hydrogen-bond acceptors (Lipinski definition) is 1. The fourth-order valence-corrected chi connectivity index (χ4v) is 2.15. The average molecular weight is 329 g/mol. The van der Waals surface area contributed by atoms with Crippen molar-refractivity contribution in [3.63, 3.8) is 0 Å². The molecule has 19 heavy (non-hydrogen) atoms. The molecule has 0 radical (unpaired) electrons. The van der Waals surface area contributed by atoms with E-state index in [9.17, 15) is 18.0 Å². The minimum Gasteiger partial charge on any atom is -0.294 e. The summed E-state index contributed by atoms with van der Waals surface area (Å²) in [6.45, 7) is 0. The molecule has 1 nitrogen and oxygen atoms in total. The van der Waals surface area contributed by atoms with Gasteiger partial charge in [0.1, 0.15) is 17.5 Å². The van der Waals surface area contributed by atoms with Crippen LogP contribution >= 0.6 is 15.9 Å². The molecule has 0 atom stereocenters. The van der Waals surface area contributed by atoms with Gasteiger partial charge >= 0.3 is 0 Å². The number of benzene rings is 2. The average Bonchev–Trinajstić information content (AvgIpc) is 2.37. The Morgan fingerprint density at radius 3 is 2.53 bits per heavy atom. The lowest BCUT2D eigenvalue weighted by atomic mass is 10.0. The first-order chi connectivity index (χ1) is 8.99. The molecule has 0 spiro atoms. The Kier molecular flexibility index (Phi) is 4.04. The second kappa shape index (κ2) is 5.57. The minimum atomic E-state index is -0.665. The number of carbonyl (C=O) groups excluding carboxylic acids is 1. The number of carbonyl (C=O) groups is 1. The highest BCUT2D eigenvalue weighted by Gasteiger charge is 2.15. The van der Waals surface area contributed by atoms with Crippen molar-refractivity contribution in [2.75, 3.05) is 0 Å². The van der Waals surface area contributed by atoms with Gasteiger partial charge in [-0.1, -0.05) is 12.1 Å². The molecule has 0 fully saturated rings. The molecule has 98 valence electrons. The molecule has 0 N–H and O–H groups in total. The summed E-state index contributed by atoms with van der Waals surface area (Å²) in [6.07, 6.45) is -0.328. The molecular weight excluding hydrogens is 321 g/mol. The smallest absolute Gasteiger partial charge is 0.168 e. The van der Waals surface area contributed by atoms with E-state index in [1.54, 1.807) is 0 Å². The van der Waals surface area contributed by atoms with Gasteiger partial charge in [-0.15, -0.1) is 0 Å². The van der Waals surface area contributed by atoms with Crippen molar-refractivity contribution < 1.29 is 18.0 Å². The normalized spacial score (nSPS) is 10.5. The van der Waals surface area contributed by atoms with E-state index in [0.29, 0.717) is 0 Å². The molecule has 2 aromatic rings. The molecule has 5 heteroatoms. The second-order valence-electron chi connectivity index (χ2n) is 3.94. The van der Waals surface area contributed by atoms with E-state index in [2.05, 4.69) is 15.9 Å². The monoisotopic (exact) mass is 328 g/mol. The van der Waals surface area contributed by atoms with Crippen LogP contribution in [0.25, 0.3) is 0 Å². The van der Waals surface area contributed by atoms with Crippen LogP contribution in [0.1, 0.15) is 15.9 Å². The van der Waals surface area contributed by atoms with E-state index in [4.69, 9.17) is 0 Å². The van der Waals surface area contributed by atoms with Crippen LogP contribution in [0.4, 0.5) is 13.2 Å². The van der Waals surface area contributed by atoms with Crippen molar-refractivity contribution in [2.45, 2.75) is 6.42 Å². The summed E-state index contributed by atoms with van der Waals surface area (Å²) >= 11 is 2.96. The van der Waals surface area contributed by atoms with E-state index in [-0.39, 0.29) is 22.0 Å². The zero-order valence-corrected chi connectivity index (χ0v) is 11.2. The maximum Gasteiger partial charge on any atom is 0.168 e. The minimum absolute atomic E-state index is 0.0248. The van der Waals surface area contributed by atoms with Gasteiger partial charge in [-0.25, -0.2) is 13.2 Å². The third-order valence-electron chi connectivity index (χ3n) is 2.61. The molecule has 0 saturated heterocycles. The molecule has 2 aromatic carbocycles. The van der Waals surface area contributed by atoms with Crippen LogP contribution in [0, 0.1) is 17.5 Å². The predicted octanol–water partition coefficient (Wildman–Crippen LogP) is 4.29. The maximum absolute atomic E-state index is 13.4. The van der Waals surface area contributed by atoms with Crippen molar-refractivity contribution in [2.24, 2.45) is 0 Å². The van der Waals surface area contributed by atoms with Gasteiger partial charge in [0.05, 0.1) is 4.47 Å². The van der Waals surface area contributed by atoms with Gasteiger partial charge in [-0.05, 0) is 45.8 Å². The predicted molar refractivity (Wildman–Crippen MR) is 68.5 cm³/mol. The number of hydrogen-bond donors (Lipinski definition) is 0. The highest BCUT2D eigenvalue weighted by atomic mass is 79.9. The topological polar surface area (TPSA) is 17.1 Å². The molecule has 0 aliphatic carbocycles. The lowest BCUT2D eigenvalue weighted by Gasteiger charge is -2.06. The van der Waals surface area contributed by atoms with Crippen LogP contribution in [-0.2, 0) is 6.42 Å². The Hall–Kier alpha value is -1.62. The Morgan fingerprint density at radius 1 is 1.05 bits per heavy atom. The Bertz CT molecular complexity index is 641. The first-order valence-electron chi connectivity index (χ1n) is 5.40. The second-order valence-corrected chi connectivity index (χ2v) is 4.73. The van der Waals surface area contributed by atoms with E-state index in [1.165, 1.54) is 18.2 Å². The van der Waals surface area contributed by atoms with Crippen molar-refractivity contribution >= 4 is 21.7 Å². The van der Waals surface area contributed by atoms with Gasteiger partial charge < -0.3 is 0 Å². The summed E-state index contributed by atoms with van der Waals surface area (Å²) in [4.78, 5) is 12.0. The van der Waals surface area contributed by atoms with E-state index in [1.807, 2.05) is 0 Å². The molecule has 0 aliphatic rings. The van der Waals surface area contributed by atoms with Crippen molar-refractivity contribution in [1.29, 1.82) is 0 Å². The third kappa shape index (κ3) is 3.04.